The highest BCUT2D eigenvalue weighted by Gasteiger charge is 2.11. The van der Waals surface area contributed by atoms with Crippen LogP contribution in [0.2, 0.25) is 0 Å². The number of anilines is 1. The van der Waals surface area contributed by atoms with Gasteiger partial charge in [-0.25, -0.2) is 0 Å². The highest BCUT2D eigenvalue weighted by atomic mass is 16.5. The summed E-state index contributed by atoms with van der Waals surface area (Å²) in [6.45, 7) is 4.71. The summed E-state index contributed by atoms with van der Waals surface area (Å²) in [6.07, 6.45) is 0. The molecule has 1 heterocycles. The lowest BCUT2D eigenvalue weighted by molar-refractivity contribution is 0.0827. The van der Waals surface area contributed by atoms with Gasteiger partial charge >= 0.3 is 0 Å². The molecule has 2 aromatic carbocycles. The molecule has 1 N–H and O–H groups in total. The van der Waals surface area contributed by atoms with Gasteiger partial charge in [-0.2, -0.15) is 4.98 Å². The van der Waals surface area contributed by atoms with E-state index in [2.05, 4.69) is 41.4 Å². The standard InChI is InChI=1S/C21H24N4O2/c1-14(2)15-8-10-16(11-9-15)20-23-19(27-24-20)13-22-18-7-5-6-17(12-18)21(26)25(3)4/h5-12,14,22H,13H2,1-4H3. The maximum absolute atomic E-state index is 12.1. The molecule has 0 bridgehead atoms. The van der Waals surface area contributed by atoms with E-state index in [1.54, 1.807) is 25.1 Å². The summed E-state index contributed by atoms with van der Waals surface area (Å²) in [5.74, 6) is 1.50. The molecule has 0 saturated carbocycles. The molecule has 0 aliphatic rings. The average Bonchev–Trinajstić information content (AvgIpc) is 3.15. The van der Waals surface area contributed by atoms with Gasteiger partial charge in [-0.1, -0.05) is 49.3 Å². The van der Waals surface area contributed by atoms with Crippen LogP contribution in [0.15, 0.2) is 53.1 Å². The Morgan fingerprint density at radius 2 is 1.89 bits per heavy atom. The molecule has 0 atom stereocenters. The maximum Gasteiger partial charge on any atom is 0.253 e. The monoisotopic (exact) mass is 364 g/mol. The molecule has 0 aliphatic carbocycles. The molecule has 0 unspecified atom stereocenters. The summed E-state index contributed by atoms with van der Waals surface area (Å²) in [5, 5.41) is 7.27. The van der Waals surface area contributed by atoms with Crippen LogP contribution in [0, 0.1) is 0 Å². The number of hydrogen-bond acceptors (Lipinski definition) is 5. The van der Waals surface area contributed by atoms with Crippen LogP contribution in [0.5, 0.6) is 0 Å². The first kappa shape index (κ1) is 18.6. The third kappa shape index (κ3) is 4.53. The van der Waals surface area contributed by atoms with Crippen molar-refractivity contribution in [2.45, 2.75) is 26.3 Å². The molecule has 140 valence electrons. The number of amides is 1. The van der Waals surface area contributed by atoms with E-state index in [1.165, 1.54) is 5.56 Å². The summed E-state index contributed by atoms with van der Waals surface area (Å²) >= 11 is 0. The van der Waals surface area contributed by atoms with Crippen molar-refractivity contribution >= 4 is 11.6 Å². The number of carbonyl (C=O) groups excluding carboxylic acids is 1. The van der Waals surface area contributed by atoms with Crippen molar-refractivity contribution in [2.24, 2.45) is 0 Å². The predicted molar refractivity (Wildman–Crippen MR) is 106 cm³/mol. The van der Waals surface area contributed by atoms with E-state index in [0.29, 0.717) is 29.7 Å². The van der Waals surface area contributed by atoms with Gasteiger partial charge in [0, 0.05) is 30.9 Å². The molecule has 6 nitrogen and oxygen atoms in total. The zero-order chi connectivity index (χ0) is 19.4. The van der Waals surface area contributed by atoms with Crippen LogP contribution in [0.1, 0.15) is 41.6 Å². The van der Waals surface area contributed by atoms with E-state index in [0.717, 1.165) is 11.3 Å². The van der Waals surface area contributed by atoms with Crippen LogP contribution < -0.4 is 5.32 Å². The predicted octanol–water partition coefficient (Wildman–Crippen LogP) is 4.17. The highest BCUT2D eigenvalue weighted by Crippen LogP contribution is 2.21. The zero-order valence-corrected chi connectivity index (χ0v) is 16.1. The van der Waals surface area contributed by atoms with Crippen LogP contribution >= 0.6 is 0 Å². The minimum Gasteiger partial charge on any atom is -0.376 e. The number of rotatable bonds is 6. The fourth-order valence-corrected chi connectivity index (χ4v) is 2.66. The number of nitrogens with zero attached hydrogens (tertiary/aromatic N) is 3. The fourth-order valence-electron chi connectivity index (χ4n) is 2.66. The van der Waals surface area contributed by atoms with Crippen molar-refractivity contribution < 1.29 is 9.32 Å². The van der Waals surface area contributed by atoms with E-state index < -0.39 is 0 Å². The minimum atomic E-state index is -0.0384. The zero-order valence-electron chi connectivity index (χ0n) is 16.1. The van der Waals surface area contributed by atoms with Crippen molar-refractivity contribution in [3.63, 3.8) is 0 Å². The summed E-state index contributed by atoms with van der Waals surface area (Å²) < 4.78 is 5.34. The fraction of sp³-hybridized carbons (Fsp3) is 0.286. The maximum atomic E-state index is 12.1. The van der Waals surface area contributed by atoms with Crippen LogP contribution in [0.4, 0.5) is 5.69 Å². The van der Waals surface area contributed by atoms with E-state index >= 15 is 0 Å². The largest absolute Gasteiger partial charge is 0.376 e. The van der Waals surface area contributed by atoms with Gasteiger partial charge in [-0.3, -0.25) is 4.79 Å². The van der Waals surface area contributed by atoms with Gasteiger partial charge in [0.25, 0.3) is 5.91 Å². The molecule has 0 spiro atoms. The van der Waals surface area contributed by atoms with Crippen LogP contribution in [-0.4, -0.2) is 35.0 Å². The van der Waals surface area contributed by atoms with Gasteiger partial charge < -0.3 is 14.7 Å². The normalized spacial score (nSPS) is 10.9. The molecule has 0 aliphatic heterocycles. The molecule has 27 heavy (non-hydrogen) atoms. The Kier molecular flexibility index (Phi) is 5.54. The molecule has 0 radical (unpaired) electrons. The molecule has 3 rings (SSSR count). The van der Waals surface area contributed by atoms with Gasteiger partial charge in [0.1, 0.15) is 0 Å². The van der Waals surface area contributed by atoms with Crippen molar-refractivity contribution in [2.75, 3.05) is 19.4 Å². The molecule has 6 heteroatoms. The average molecular weight is 364 g/mol. The van der Waals surface area contributed by atoms with E-state index in [9.17, 15) is 4.79 Å². The molecule has 0 saturated heterocycles. The number of nitrogens with one attached hydrogen (secondary N) is 1. The summed E-state index contributed by atoms with van der Waals surface area (Å²) in [7, 11) is 3.46. The number of hydrogen-bond donors (Lipinski definition) is 1. The van der Waals surface area contributed by atoms with E-state index in [4.69, 9.17) is 4.52 Å². The van der Waals surface area contributed by atoms with E-state index in [1.807, 2.05) is 30.3 Å². The Hall–Kier alpha value is -3.15. The summed E-state index contributed by atoms with van der Waals surface area (Å²) in [4.78, 5) is 18.0. The Morgan fingerprint density at radius 1 is 1.15 bits per heavy atom. The molecular weight excluding hydrogens is 340 g/mol. The van der Waals surface area contributed by atoms with Crippen molar-refractivity contribution in [3.8, 4) is 11.4 Å². The number of aromatic nitrogens is 2. The molecule has 0 fully saturated rings. The van der Waals surface area contributed by atoms with Gasteiger partial charge in [-0.05, 0) is 29.7 Å². The quantitative estimate of drug-likeness (QED) is 0.711. The Balaban J connectivity index is 1.66. The van der Waals surface area contributed by atoms with Crippen molar-refractivity contribution in [1.29, 1.82) is 0 Å². The first-order chi connectivity index (χ1) is 12.9. The van der Waals surface area contributed by atoms with Crippen molar-refractivity contribution in [3.05, 3.63) is 65.5 Å². The molecule has 1 amide bonds. The lowest BCUT2D eigenvalue weighted by Gasteiger charge is -2.11. The van der Waals surface area contributed by atoms with Gasteiger partial charge in [0.2, 0.25) is 11.7 Å². The second kappa shape index (κ2) is 8.03. The third-order valence-corrected chi connectivity index (χ3v) is 4.26. The lowest BCUT2D eigenvalue weighted by Crippen LogP contribution is -2.21. The molecular formula is C21H24N4O2. The second-order valence-electron chi connectivity index (χ2n) is 6.92. The van der Waals surface area contributed by atoms with Crippen molar-refractivity contribution in [1.82, 2.24) is 15.0 Å². The van der Waals surface area contributed by atoms with Crippen LogP contribution in [-0.2, 0) is 6.54 Å². The summed E-state index contributed by atoms with van der Waals surface area (Å²) in [6, 6.07) is 15.5. The minimum absolute atomic E-state index is 0.0384. The SMILES string of the molecule is CC(C)c1ccc(-c2noc(CNc3cccc(C(=O)N(C)C)c3)n2)cc1. The van der Waals surface area contributed by atoms with Gasteiger partial charge in [0.05, 0.1) is 6.54 Å². The van der Waals surface area contributed by atoms with E-state index in [-0.39, 0.29) is 5.91 Å². The molecule has 1 aromatic heterocycles. The first-order valence-corrected chi connectivity index (χ1v) is 8.92. The van der Waals surface area contributed by atoms with Gasteiger partial charge in [-0.15, -0.1) is 0 Å². The first-order valence-electron chi connectivity index (χ1n) is 8.92. The number of benzene rings is 2. The highest BCUT2D eigenvalue weighted by molar-refractivity contribution is 5.94. The Bertz CT molecular complexity index is 914. The summed E-state index contributed by atoms with van der Waals surface area (Å²) in [5.41, 5.74) is 3.65. The van der Waals surface area contributed by atoms with Crippen LogP contribution in [0.3, 0.4) is 0 Å². The topological polar surface area (TPSA) is 71.3 Å². The lowest BCUT2D eigenvalue weighted by atomic mass is 10.0. The second-order valence-corrected chi connectivity index (χ2v) is 6.92. The Labute approximate surface area is 159 Å². The number of carbonyl (C=O) groups is 1. The molecule has 3 aromatic rings. The third-order valence-electron chi connectivity index (χ3n) is 4.26. The van der Waals surface area contributed by atoms with Gasteiger partial charge in [0.15, 0.2) is 0 Å². The van der Waals surface area contributed by atoms with Crippen LogP contribution in [0.25, 0.3) is 11.4 Å². The smallest absolute Gasteiger partial charge is 0.253 e. The Morgan fingerprint density at radius 3 is 2.56 bits per heavy atom.